The fraction of sp³-hybridized carbons (Fsp3) is 0.0769. The molecule has 1 radical (unpaired) electrons. The fourth-order valence-corrected chi connectivity index (χ4v) is 4.50. The maximum atomic E-state index is 14.1. The first-order valence-electron chi connectivity index (χ1n) is 10.4. The fourth-order valence-electron chi connectivity index (χ4n) is 4.27. The summed E-state index contributed by atoms with van der Waals surface area (Å²) in [6, 6.07) is 13.2. The second-order valence-corrected chi connectivity index (χ2v) is 8.52. The van der Waals surface area contributed by atoms with Gasteiger partial charge in [0.15, 0.2) is 0 Å². The smallest absolute Gasteiger partial charge is 0.341 e. The van der Waals surface area contributed by atoms with Crippen molar-refractivity contribution in [3.63, 3.8) is 0 Å². The zero-order valence-corrected chi connectivity index (χ0v) is 21.8. The SMILES string of the molecule is O=C(Nc1cc2c[c-]ccc2c2c1C(c1cc(F)ccc1Cl)NC2=O)c1cc(F)cc(C(F)(F)F)c1.[Re]. The second-order valence-electron chi connectivity index (χ2n) is 8.11. The van der Waals surface area contributed by atoms with E-state index in [2.05, 4.69) is 16.7 Å². The molecular formula is C26H13ClF5N2O2Re-. The molecule has 0 fully saturated rings. The van der Waals surface area contributed by atoms with Gasteiger partial charge in [-0.1, -0.05) is 17.7 Å². The van der Waals surface area contributed by atoms with Crippen molar-refractivity contribution in [1.29, 1.82) is 0 Å². The van der Waals surface area contributed by atoms with Gasteiger partial charge in [0, 0.05) is 53.4 Å². The molecule has 0 spiro atoms. The van der Waals surface area contributed by atoms with Crippen LogP contribution in [-0.2, 0) is 26.6 Å². The molecule has 0 aromatic heterocycles. The summed E-state index contributed by atoms with van der Waals surface area (Å²) >= 11 is 6.28. The molecule has 0 saturated carbocycles. The predicted octanol–water partition coefficient (Wildman–Crippen LogP) is 6.67. The Morgan fingerprint density at radius 1 is 1.03 bits per heavy atom. The van der Waals surface area contributed by atoms with Crippen molar-refractivity contribution in [2.45, 2.75) is 12.2 Å². The number of carbonyl (C=O) groups excluding carboxylic acids is 2. The van der Waals surface area contributed by atoms with Crippen LogP contribution >= 0.6 is 11.6 Å². The summed E-state index contributed by atoms with van der Waals surface area (Å²) in [6.07, 6.45) is -4.87. The molecule has 11 heteroatoms. The van der Waals surface area contributed by atoms with Gasteiger partial charge in [0.2, 0.25) is 0 Å². The van der Waals surface area contributed by atoms with Gasteiger partial charge in [-0.15, -0.1) is 10.8 Å². The van der Waals surface area contributed by atoms with Crippen LogP contribution in [0.1, 0.15) is 43.4 Å². The Labute approximate surface area is 225 Å². The van der Waals surface area contributed by atoms with Gasteiger partial charge >= 0.3 is 6.18 Å². The summed E-state index contributed by atoms with van der Waals surface area (Å²) in [5.41, 5.74) is -1.21. The normalized spacial score (nSPS) is 14.6. The van der Waals surface area contributed by atoms with E-state index in [9.17, 15) is 31.5 Å². The number of hydrogen-bond donors (Lipinski definition) is 2. The summed E-state index contributed by atoms with van der Waals surface area (Å²) in [7, 11) is 0. The average molecular weight is 702 g/mol. The molecule has 4 nitrogen and oxygen atoms in total. The molecule has 1 aliphatic rings. The van der Waals surface area contributed by atoms with E-state index in [1.807, 2.05) is 0 Å². The Balaban J connectivity index is 0.00000320. The van der Waals surface area contributed by atoms with Gasteiger partial charge in [0.05, 0.1) is 11.6 Å². The minimum absolute atomic E-state index is 0. The maximum Gasteiger partial charge on any atom is 0.416 e. The average Bonchev–Trinajstić information content (AvgIpc) is 3.17. The summed E-state index contributed by atoms with van der Waals surface area (Å²) in [4.78, 5) is 26.0. The molecule has 2 N–H and O–H groups in total. The van der Waals surface area contributed by atoms with Crippen LogP contribution in [0.15, 0.2) is 60.7 Å². The molecule has 4 aromatic carbocycles. The number of fused-ring (bicyclic) bond motifs is 3. The first-order valence-corrected chi connectivity index (χ1v) is 10.8. The zero-order chi connectivity index (χ0) is 25.8. The van der Waals surface area contributed by atoms with Gasteiger partial charge in [-0.05, 0) is 36.4 Å². The molecule has 0 aliphatic carbocycles. The van der Waals surface area contributed by atoms with E-state index in [1.165, 1.54) is 12.1 Å². The van der Waals surface area contributed by atoms with E-state index in [4.69, 9.17) is 11.6 Å². The van der Waals surface area contributed by atoms with Gasteiger partial charge < -0.3 is 10.6 Å². The van der Waals surface area contributed by atoms with Crippen LogP contribution in [0.3, 0.4) is 0 Å². The third-order valence-corrected chi connectivity index (χ3v) is 6.16. The summed E-state index contributed by atoms with van der Waals surface area (Å²) in [5, 5.41) is 6.38. The molecule has 189 valence electrons. The van der Waals surface area contributed by atoms with Crippen molar-refractivity contribution in [1.82, 2.24) is 5.32 Å². The van der Waals surface area contributed by atoms with E-state index in [1.54, 1.807) is 18.2 Å². The number of rotatable bonds is 3. The number of carbonyl (C=O) groups is 2. The van der Waals surface area contributed by atoms with Crippen LogP contribution in [0.5, 0.6) is 0 Å². The van der Waals surface area contributed by atoms with Crippen molar-refractivity contribution in [2.24, 2.45) is 0 Å². The number of nitrogens with one attached hydrogen (secondary N) is 2. The number of alkyl halides is 3. The second kappa shape index (κ2) is 9.86. The maximum absolute atomic E-state index is 14.1. The first-order chi connectivity index (χ1) is 17.0. The summed E-state index contributed by atoms with van der Waals surface area (Å²) in [5.74, 6) is -3.41. The molecule has 37 heavy (non-hydrogen) atoms. The largest absolute Gasteiger partial charge is 0.416 e. The van der Waals surface area contributed by atoms with Crippen molar-refractivity contribution >= 4 is 39.9 Å². The van der Waals surface area contributed by atoms with Crippen LogP contribution in [0.4, 0.5) is 27.6 Å². The molecule has 5 rings (SSSR count). The van der Waals surface area contributed by atoms with Crippen molar-refractivity contribution in [3.05, 3.63) is 111 Å². The van der Waals surface area contributed by atoms with Crippen LogP contribution in [0.25, 0.3) is 10.8 Å². The first kappa shape index (κ1) is 26.7. The Morgan fingerprint density at radius 3 is 2.51 bits per heavy atom. The van der Waals surface area contributed by atoms with Crippen LogP contribution in [-0.4, -0.2) is 11.8 Å². The molecule has 1 atom stereocenters. The monoisotopic (exact) mass is 702 g/mol. The topological polar surface area (TPSA) is 58.2 Å². The van der Waals surface area contributed by atoms with Crippen LogP contribution in [0, 0.1) is 17.7 Å². The van der Waals surface area contributed by atoms with E-state index in [0.29, 0.717) is 22.9 Å². The van der Waals surface area contributed by atoms with Crippen LogP contribution in [0.2, 0.25) is 5.02 Å². The van der Waals surface area contributed by atoms with Gasteiger partial charge in [0.25, 0.3) is 11.8 Å². The van der Waals surface area contributed by atoms with E-state index < -0.39 is 46.8 Å². The Hall–Kier alpha value is -3.32. The quantitative estimate of drug-likeness (QED) is 0.185. The standard InChI is InChI=1S/C26H13ClF5N2O2.Re/c27-19-6-5-15(28)11-18(19)23-22-20(9-12-3-1-2-4-17(12)21(22)25(36)34-23)33-24(35)13-7-14(26(30,31)32)10-16(29)8-13;/h2-11,23H,(H,33,35)(H,34,36);/q-1;. The van der Waals surface area contributed by atoms with Crippen LogP contribution < -0.4 is 10.6 Å². The number of anilines is 1. The van der Waals surface area contributed by atoms with E-state index in [0.717, 1.165) is 12.1 Å². The van der Waals surface area contributed by atoms with E-state index in [-0.39, 0.29) is 53.9 Å². The summed E-state index contributed by atoms with van der Waals surface area (Å²) in [6.45, 7) is 0. The molecular weight excluding hydrogens is 689 g/mol. The Morgan fingerprint density at radius 2 is 1.78 bits per heavy atom. The van der Waals surface area contributed by atoms with Crippen molar-refractivity contribution in [2.75, 3.05) is 5.32 Å². The summed E-state index contributed by atoms with van der Waals surface area (Å²) < 4.78 is 67.4. The van der Waals surface area contributed by atoms with Crippen molar-refractivity contribution in [3.8, 4) is 0 Å². The van der Waals surface area contributed by atoms with E-state index >= 15 is 0 Å². The van der Waals surface area contributed by atoms with Gasteiger partial charge in [-0.2, -0.15) is 37.4 Å². The molecule has 2 amide bonds. The zero-order valence-electron chi connectivity index (χ0n) is 18.3. The molecule has 1 heterocycles. The minimum Gasteiger partial charge on any atom is -0.341 e. The third-order valence-electron chi connectivity index (χ3n) is 5.82. The van der Waals surface area contributed by atoms with Gasteiger partial charge in [0.1, 0.15) is 11.6 Å². The Kier molecular flexibility index (Phi) is 7.12. The Bertz CT molecular complexity index is 1580. The van der Waals surface area contributed by atoms with Crippen molar-refractivity contribution < 1.29 is 52.0 Å². The molecule has 1 aliphatic heterocycles. The minimum atomic E-state index is -4.87. The number of amides is 2. The van der Waals surface area contributed by atoms with Gasteiger partial charge in [-0.3, -0.25) is 9.59 Å². The number of benzene rings is 4. The number of halogens is 6. The molecule has 1 unspecified atom stereocenters. The molecule has 0 saturated heterocycles. The third kappa shape index (κ3) is 4.97. The number of hydrogen-bond acceptors (Lipinski definition) is 2. The molecule has 0 bridgehead atoms. The van der Waals surface area contributed by atoms with Gasteiger partial charge in [-0.25, -0.2) is 8.78 Å². The predicted molar refractivity (Wildman–Crippen MR) is 123 cm³/mol. The molecule has 4 aromatic rings.